The Kier molecular flexibility index (Phi) is 4.00. The molecule has 7 nitrogen and oxygen atoms in total. The molecule has 0 atom stereocenters. The van der Waals surface area contributed by atoms with Gasteiger partial charge in [-0.2, -0.15) is 0 Å². The summed E-state index contributed by atoms with van der Waals surface area (Å²) in [5.74, 6) is 0.802. The fourth-order valence-corrected chi connectivity index (χ4v) is 2.08. The number of thiophene rings is 1. The summed E-state index contributed by atoms with van der Waals surface area (Å²) in [7, 11) is 0. The summed E-state index contributed by atoms with van der Waals surface area (Å²) in [6.45, 7) is 3.45. The van der Waals surface area contributed by atoms with Crippen molar-refractivity contribution in [3.63, 3.8) is 0 Å². The molecule has 0 unspecified atom stereocenters. The van der Waals surface area contributed by atoms with Crippen molar-refractivity contribution in [2.45, 2.75) is 19.9 Å². The number of nitrogens with zero attached hydrogens (tertiary/aromatic N) is 3. The van der Waals surface area contributed by atoms with Crippen molar-refractivity contribution in [1.29, 1.82) is 0 Å². The molecule has 1 N–H and O–H groups in total. The summed E-state index contributed by atoms with van der Waals surface area (Å²) in [6, 6.07) is 3.04. The van der Waals surface area contributed by atoms with E-state index in [1.807, 2.05) is 0 Å². The fraction of sp³-hybridized carbons (Fsp3) is 0.400. The number of hydrogen-bond donors (Lipinski definition) is 1. The van der Waals surface area contributed by atoms with Crippen molar-refractivity contribution in [3.05, 3.63) is 28.1 Å². The van der Waals surface area contributed by atoms with Gasteiger partial charge in [-0.3, -0.25) is 10.1 Å². The lowest BCUT2D eigenvalue weighted by atomic mass is 10.4. The molecule has 8 heteroatoms. The molecule has 2 rings (SSSR count). The average Bonchev–Trinajstić information content (AvgIpc) is 2.97. The van der Waals surface area contributed by atoms with Crippen LogP contribution >= 0.6 is 11.3 Å². The minimum atomic E-state index is -0.436. The maximum absolute atomic E-state index is 10.6. The molecule has 0 spiro atoms. The molecule has 2 aromatic heterocycles. The normalized spacial score (nSPS) is 10.7. The SMILES string of the molecule is CCCNCc1nnc(-c2ccc([N+](=O)[O-])s2)o1. The molecule has 96 valence electrons. The molecule has 0 aliphatic heterocycles. The monoisotopic (exact) mass is 268 g/mol. The second-order valence-electron chi connectivity index (χ2n) is 3.57. The van der Waals surface area contributed by atoms with Gasteiger partial charge in [0.15, 0.2) is 0 Å². The molecule has 0 aromatic carbocycles. The summed E-state index contributed by atoms with van der Waals surface area (Å²) in [4.78, 5) is 10.7. The Morgan fingerprint density at radius 2 is 2.33 bits per heavy atom. The van der Waals surface area contributed by atoms with Gasteiger partial charge in [-0.15, -0.1) is 10.2 Å². The van der Waals surface area contributed by atoms with Crippen LogP contribution in [0, 0.1) is 10.1 Å². The highest BCUT2D eigenvalue weighted by atomic mass is 32.1. The van der Waals surface area contributed by atoms with E-state index < -0.39 is 4.92 Å². The minimum absolute atomic E-state index is 0.0638. The van der Waals surface area contributed by atoms with Crippen LogP contribution in [0.5, 0.6) is 0 Å². The summed E-state index contributed by atoms with van der Waals surface area (Å²) >= 11 is 1.02. The van der Waals surface area contributed by atoms with E-state index in [0.717, 1.165) is 24.3 Å². The van der Waals surface area contributed by atoms with E-state index in [-0.39, 0.29) is 5.00 Å². The molecular weight excluding hydrogens is 256 g/mol. The Hall–Kier alpha value is -1.80. The van der Waals surface area contributed by atoms with Crippen molar-refractivity contribution in [3.8, 4) is 10.8 Å². The second kappa shape index (κ2) is 5.69. The number of rotatable bonds is 6. The molecule has 0 fully saturated rings. The zero-order valence-electron chi connectivity index (χ0n) is 9.75. The molecule has 2 aromatic rings. The predicted molar refractivity (Wildman–Crippen MR) is 66.3 cm³/mol. The van der Waals surface area contributed by atoms with E-state index in [9.17, 15) is 10.1 Å². The Morgan fingerprint density at radius 3 is 3.00 bits per heavy atom. The Morgan fingerprint density at radius 1 is 1.50 bits per heavy atom. The van der Waals surface area contributed by atoms with Crippen molar-refractivity contribution >= 4 is 16.3 Å². The molecule has 0 bridgehead atoms. The molecule has 0 aliphatic rings. The lowest BCUT2D eigenvalue weighted by molar-refractivity contribution is -0.380. The third kappa shape index (κ3) is 2.90. The zero-order valence-corrected chi connectivity index (χ0v) is 10.6. The van der Waals surface area contributed by atoms with E-state index in [2.05, 4.69) is 22.4 Å². The first-order valence-corrected chi connectivity index (χ1v) is 6.30. The molecule has 0 saturated carbocycles. The Bertz CT molecular complexity index is 537. The van der Waals surface area contributed by atoms with E-state index in [4.69, 9.17) is 4.42 Å². The summed E-state index contributed by atoms with van der Waals surface area (Å²) in [5.41, 5.74) is 0. The van der Waals surface area contributed by atoms with E-state index in [1.54, 1.807) is 6.07 Å². The number of aromatic nitrogens is 2. The minimum Gasteiger partial charge on any atom is -0.419 e. The quantitative estimate of drug-likeness (QED) is 0.490. The number of nitro groups is 1. The van der Waals surface area contributed by atoms with Crippen LogP contribution in [0.4, 0.5) is 5.00 Å². The van der Waals surface area contributed by atoms with Crippen LogP contribution in [0.2, 0.25) is 0 Å². The van der Waals surface area contributed by atoms with Crippen molar-refractivity contribution in [2.75, 3.05) is 6.54 Å². The first kappa shape index (κ1) is 12.7. The molecule has 0 saturated heterocycles. The van der Waals surface area contributed by atoms with Gasteiger partial charge < -0.3 is 9.73 Å². The molecule has 18 heavy (non-hydrogen) atoms. The van der Waals surface area contributed by atoms with Crippen LogP contribution in [0.15, 0.2) is 16.5 Å². The second-order valence-corrected chi connectivity index (χ2v) is 4.63. The maximum atomic E-state index is 10.6. The van der Waals surface area contributed by atoms with Gasteiger partial charge in [0, 0.05) is 6.07 Å². The summed E-state index contributed by atoms with van der Waals surface area (Å²) in [5, 5.41) is 21.5. The van der Waals surface area contributed by atoms with E-state index >= 15 is 0 Å². The molecular formula is C10H12N4O3S. The van der Waals surface area contributed by atoms with Gasteiger partial charge in [-0.05, 0) is 19.0 Å². The lowest BCUT2D eigenvalue weighted by Crippen LogP contribution is -2.13. The van der Waals surface area contributed by atoms with Crippen LogP contribution in [0.1, 0.15) is 19.2 Å². The van der Waals surface area contributed by atoms with Gasteiger partial charge in [0.25, 0.3) is 5.89 Å². The van der Waals surface area contributed by atoms with Gasteiger partial charge in [0.1, 0.15) is 0 Å². The highest BCUT2D eigenvalue weighted by molar-refractivity contribution is 7.18. The summed E-state index contributed by atoms with van der Waals surface area (Å²) in [6.07, 6.45) is 1.03. The fourth-order valence-electron chi connectivity index (χ4n) is 1.34. The van der Waals surface area contributed by atoms with Gasteiger partial charge in [0.05, 0.1) is 16.3 Å². The molecule has 0 amide bonds. The van der Waals surface area contributed by atoms with Crippen LogP contribution in [0.3, 0.4) is 0 Å². The van der Waals surface area contributed by atoms with Gasteiger partial charge >= 0.3 is 5.00 Å². The van der Waals surface area contributed by atoms with Crippen molar-refractivity contribution < 1.29 is 9.34 Å². The van der Waals surface area contributed by atoms with E-state index in [1.165, 1.54) is 6.07 Å². The number of nitrogens with one attached hydrogen (secondary N) is 1. The maximum Gasteiger partial charge on any atom is 0.324 e. The van der Waals surface area contributed by atoms with Crippen LogP contribution in [-0.2, 0) is 6.54 Å². The highest BCUT2D eigenvalue weighted by Gasteiger charge is 2.15. The third-order valence-electron chi connectivity index (χ3n) is 2.15. The van der Waals surface area contributed by atoms with Crippen LogP contribution in [-0.4, -0.2) is 21.7 Å². The van der Waals surface area contributed by atoms with Gasteiger partial charge in [-0.1, -0.05) is 18.3 Å². The first-order valence-electron chi connectivity index (χ1n) is 5.48. The lowest BCUT2D eigenvalue weighted by Gasteiger charge is -1.96. The highest BCUT2D eigenvalue weighted by Crippen LogP contribution is 2.31. The van der Waals surface area contributed by atoms with Crippen molar-refractivity contribution in [2.24, 2.45) is 0 Å². The smallest absolute Gasteiger partial charge is 0.324 e. The Balaban J connectivity index is 2.06. The molecule has 0 radical (unpaired) electrons. The van der Waals surface area contributed by atoms with E-state index in [0.29, 0.717) is 23.2 Å². The molecule has 0 aliphatic carbocycles. The first-order chi connectivity index (χ1) is 8.70. The molecule has 2 heterocycles. The van der Waals surface area contributed by atoms with Crippen molar-refractivity contribution in [1.82, 2.24) is 15.5 Å². The van der Waals surface area contributed by atoms with Crippen LogP contribution in [0.25, 0.3) is 10.8 Å². The van der Waals surface area contributed by atoms with Crippen LogP contribution < -0.4 is 5.32 Å². The topological polar surface area (TPSA) is 94.1 Å². The summed E-state index contributed by atoms with van der Waals surface area (Å²) < 4.78 is 5.41. The average molecular weight is 268 g/mol. The van der Waals surface area contributed by atoms with Gasteiger partial charge in [-0.25, -0.2) is 0 Å². The number of hydrogen-bond acceptors (Lipinski definition) is 7. The third-order valence-corrected chi connectivity index (χ3v) is 3.18. The Labute approximate surface area is 107 Å². The van der Waals surface area contributed by atoms with Gasteiger partial charge in [0.2, 0.25) is 5.89 Å². The predicted octanol–water partition coefficient (Wildman–Crippen LogP) is 2.21. The largest absolute Gasteiger partial charge is 0.419 e. The standard InChI is InChI=1S/C10H12N4O3S/c1-2-5-11-6-8-12-13-10(17-8)7-3-4-9(18-7)14(15)16/h3-4,11H,2,5-6H2,1H3. The zero-order chi connectivity index (χ0) is 13.0.